The van der Waals surface area contributed by atoms with Gasteiger partial charge in [-0.25, -0.2) is 13.4 Å². The van der Waals surface area contributed by atoms with Gasteiger partial charge in [-0.1, -0.05) is 12.1 Å². The van der Waals surface area contributed by atoms with Crippen molar-refractivity contribution in [1.29, 1.82) is 0 Å². The van der Waals surface area contributed by atoms with Gasteiger partial charge in [-0.2, -0.15) is 0 Å². The van der Waals surface area contributed by atoms with Crippen LogP contribution in [0.3, 0.4) is 0 Å². The van der Waals surface area contributed by atoms with Gasteiger partial charge in [0.05, 0.1) is 4.90 Å². The number of aryl methyl sites for hydroxylation is 1. The van der Waals surface area contributed by atoms with Crippen molar-refractivity contribution < 1.29 is 17.9 Å². The number of amides is 1. The van der Waals surface area contributed by atoms with E-state index in [4.69, 9.17) is 17.0 Å². The van der Waals surface area contributed by atoms with Crippen molar-refractivity contribution in [3.05, 3.63) is 65.7 Å². The van der Waals surface area contributed by atoms with Gasteiger partial charge in [0.1, 0.15) is 5.75 Å². The van der Waals surface area contributed by atoms with Crippen molar-refractivity contribution in [3.63, 3.8) is 0 Å². The number of ether oxygens (including phenoxy) is 1. The zero-order valence-electron chi connectivity index (χ0n) is 15.8. The first-order chi connectivity index (χ1) is 14.3. The van der Waals surface area contributed by atoms with Crippen LogP contribution < -0.4 is 20.1 Å². The van der Waals surface area contributed by atoms with E-state index >= 15 is 0 Å². The van der Waals surface area contributed by atoms with Gasteiger partial charge in [0.2, 0.25) is 0 Å². The summed E-state index contributed by atoms with van der Waals surface area (Å²) in [6, 6.07) is 13.3. The number of thiazole rings is 1. The number of nitrogens with one attached hydrogen (secondary N) is 3. The Morgan fingerprint density at radius 1 is 1.20 bits per heavy atom. The van der Waals surface area contributed by atoms with Crippen LogP contribution in [0, 0.1) is 6.92 Å². The van der Waals surface area contributed by atoms with Crippen molar-refractivity contribution in [2.45, 2.75) is 11.8 Å². The maximum Gasteiger partial charge on any atom is 0.264 e. The van der Waals surface area contributed by atoms with Gasteiger partial charge in [-0.3, -0.25) is 14.8 Å². The Kier molecular flexibility index (Phi) is 6.98. The van der Waals surface area contributed by atoms with Crippen molar-refractivity contribution in [3.8, 4) is 5.75 Å². The molecular weight excluding hydrogens is 444 g/mol. The third-order valence-corrected chi connectivity index (χ3v) is 6.07. The Labute approximate surface area is 183 Å². The lowest BCUT2D eigenvalue weighted by Crippen LogP contribution is -2.37. The molecule has 3 aromatic rings. The number of benzene rings is 2. The summed E-state index contributed by atoms with van der Waals surface area (Å²) in [5.41, 5.74) is 1.55. The van der Waals surface area contributed by atoms with Crippen molar-refractivity contribution in [2.24, 2.45) is 0 Å². The number of thiocarbonyl (C=S) groups is 1. The zero-order valence-corrected chi connectivity index (χ0v) is 18.2. The van der Waals surface area contributed by atoms with E-state index in [0.29, 0.717) is 11.4 Å². The normalized spacial score (nSPS) is 10.8. The van der Waals surface area contributed by atoms with E-state index in [1.54, 1.807) is 11.4 Å². The van der Waals surface area contributed by atoms with Gasteiger partial charge < -0.3 is 10.1 Å². The summed E-state index contributed by atoms with van der Waals surface area (Å²) in [7, 11) is -3.73. The summed E-state index contributed by atoms with van der Waals surface area (Å²) in [6.07, 6.45) is 1.51. The third-order valence-electron chi connectivity index (χ3n) is 3.69. The van der Waals surface area contributed by atoms with Gasteiger partial charge in [-0.15, -0.1) is 11.3 Å². The van der Waals surface area contributed by atoms with Crippen LogP contribution in [0.25, 0.3) is 0 Å². The van der Waals surface area contributed by atoms with Crippen LogP contribution in [0.4, 0.5) is 10.8 Å². The lowest BCUT2D eigenvalue weighted by molar-refractivity contribution is -0.121. The number of carbonyl (C=O) groups is 1. The second kappa shape index (κ2) is 9.65. The third kappa shape index (κ3) is 6.24. The number of rotatable bonds is 7. The van der Waals surface area contributed by atoms with Crippen LogP contribution in [0.2, 0.25) is 0 Å². The van der Waals surface area contributed by atoms with Gasteiger partial charge in [0.15, 0.2) is 16.9 Å². The van der Waals surface area contributed by atoms with Gasteiger partial charge in [-0.05, 0) is 61.1 Å². The highest BCUT2D eigenvalue weighted by molar-refractivity contribution is 7.93. The van der Waals surface area contributed by atoms with E-state index in [9.17, 15) is 13.2 Å². The Balaban J connectivity index is 1.51. The Morgan fingerprint density at radius 2 is 1.97 bits per heavy atom. The molecule has 0 aliphatic rings. The molecule has 0 radical (unpaired) electrons. The molecule has 3 rings (SSSR count). The number of anilines is 2. The molecule has 0 bridgehead atoms. The van der Waals surface area contributed by atoms with Crippen LogP contribution in [-0.2, 0) is 14.8 Å². The molecule has 11 heteroatoms. The van der Waals surface area contributed by atoms with E-state index in [1.165, 1.54) is 41.8 Å². The standard InChI is InChI=1S/C19H18N4O4S3/c1-13-3-2-4-15(11-13)27-12-17(24)22-18(28)21-14-5-7-16(8-6-14)30(25,26)23-19-20-9-10-29-19/h2-11H,12H2,1H3,(H,20,23)(H2,21,22,24,28). The minimum atomic E-state index is -3.73. The predicted molar refractivity (Wildman–Crippen MR) is 120 cm³/mol. The molecule has 1 heterocycles. The van der Waals surface area contributed by atoms with E-state index in [-0.39, 0.29) is 21.7 Å². The number of aromatic nitrogens is 1. The van der Waals surface area contributed by atoms with Crippen molar-refractivity contribution in [1.82, 2.24) is 10.3 Å². The molecule has 8 nitrogen and oxygen atoms in total. The molecule has 1 aromatic heterocycles. The molecular formula is C19H18N4O4S3. The summed E-state index contributed by atoms with van der Waals surface area (Å²) >= 11 is 6.29. The fourth-order valence-electron chi connectivity index (χ4n) is 2.34. The molecule has 3 N–H and O–H groups in total. The highest BCUT2D eigenvalue weighted by Gasteiger charge is 2.15. The number of hydrogen-bond acceptors (Lipinski definition) is 7. The Bertz CT molecular complexity index is 1130. The molecule has 156 valence electrons. The average molecular weight is 463 g/mol. The van der Waals surface area contributed by atoms with Gasteiger partial charge >= 0.3 is 0 Å². The fraction of sp³-hybridized carbons (Fsp3) is 0.105. The highest BCUT2D eigenvalue weighted by Crippen LogP contribution is 2.19. The van der Waals surface area contributed by atoms with E-state index < -0.39 is 15.9 Å². The molecule has 0 fully saturated rings. The number of sulfonamides is 1. The van der Waals surface area contributed by atoms with Gasteiger partial charge in [0.25, 0.3) is 15.9 Å². The predicted octanol–water partition coefficient (Wildman–Crippen LogP) is 3.14. The van der Waals surface area contributed by atoms with E-state index in [2.05, 4.69) is 20.3 Å². The second-order valence-corrected chi connectivity index (χ2v) is 9.06. The maximum atomic E-state index is 12.3. The maximum absolute atomic E-state index is 12.3. The first-order valence-corrected chi connectivity index (χ1v) is 11.4. The highest BCUT2D eigenvalue weighted by atomic mass is 32.2. The molecule has 0 spiro atoms. The van der Waals surface area contributed by atoms with Crippen LogP contribution >= 0.6 is 23.6 Å². The number of nitrogens with zero attached hydrogens (tertiary/aromatic N) is 1. The van der Waals surface area contributed by atoms with Crippen molar-refractivity contribution in [2.75, 3.05) is 16.6 Å². The number of carbonyl (C=O) groups excluding carboxylic acids is 1. The SMILES string of the molecule is Cc1cccc(OCC(=O)NC(=S)Nc2ccc(S(=O)(=O)Nc3nccs3)cc2)c1. The second-order valence-electron chi connectivity index (χ2n) is 6.07. The molecule has 0 unspecified atom stereocenters. The molecule has 0 aliphatic carbocycles. The van der Waals surface area contributed by atoms with E-state index in [0.717, 1.165) is 5.56 Å². The molecule has 0 aliphatic heterocycles. The molecule has 2 aromatic carbocycles. The topological polar surface area (TPSA) is 109 Å². The fourth-order valence-corrected chi connectivity index (χ4v) is 4.36. The molecule has 1 amide bonds. The summed E-state index contributed by atoms with van der Waals surface area (Å²) in [5.74, 6) is 0.174. The van der Waals surface area contributed by atoms with Crippen LogP contribution in [0.15, 0.2) is 65.0 Å². The quantitative estimate of drug-likeness (QED) is 0.463. The Morgan fingerprint density at radius 3 is 2.63 bits per heavy atom. The summed E-state index contributed by atoms with van der Waals surface area (Å²) in [4.78, 5) is 16.0. The lowest BCUT2D eigenvalue weighted by Gasteiger charge is -2.11. The monoisotopic (exact) mass is 462 g/mol. The average Bonchev–Trinajstić information content (AvgIpc) is 3.19. The smallest absolute Gasteiger partial charge is 0.264 e. The number of hydrogen-bond donors (Lipinski definition) is 3. The van der Waals surface area contributed by atoms with Crippen molar-refractivity contribution >= 4 is 55.4 Å². The zero-order chi connectivity index (χ0) is 21.6. The summed E-state index contributed by atoms with van der Waals surface area (Å²) in [6.45, 7) is 1.74. The van der Waals surface area contributed by atoms with Crippen LogP contribution in [-0.4, -0.2) is 31.0 Å². The first kappa shape index (κ1) is 21.7. The van der Waals surface area contributed by atoms with E-state index in [1.807, 2.05) is 25.1 Å². The van der Waals surface area contributed by atoms with Crippen LogP contribution in [0.1, 0.15) is 5.56 Å². The Hall–Kier alpha value is -3.02. The minimum absolute atomic E-state index is 0.0735. The minimum Gasteiger partial charge on any atom is -0.484 e. The summed E-state index contributed by atoms with van der Waals surface area (Å²) in [5, 5.41) is 7.36. The largest absolute Gasteiger partial charge is 0.484 e. The molecule has 0 saturated carbocycles. The van der Waals surface area contributed by atoms with Gasteiger partial charge in [0, 0.05) is 17.3 Å². The van der Waals surface area contributed by atoms with Crippen LogP contribution in [0.5, 0.6) is 5.75 Å². The lowest BCUT2D eigenvalue weighted by atomic mass is 10.2. The molecule has 0 atom stereocenters. The molecule has 0 saturated heterocycles. The molecule has 30 heavy (non-hydrogen) atoms. The first-order valence-electron chi connectivity index (χ1n) is 8.64. The summed E-state index contributed by atoms with van der Waals surface area (Å²) < 4.78 is 32.5.